The fourth-order valence-electron chi connectivity index (χ4n) is 2.98. The summed E-state index contributed by atoms with van der Waals surface area (Å²) in [5, 5.41) is 4.96. The van der Waals surface area contributed by atoms with Crippen molar-refractivity contribution in [2.45, 2.75) is 19.9 Å². The zero-order valence-electron chi connectivity index (χ0n) is 13.2. The van der Waals surface area contributed by atoms with Crippen molar-refractivity contribution < 1.29 is 4.52 Å². The molecule has 0 spiro atoms. The Hall–Kier alpha value is -2.60. The Kier molecular flexibility index (Phi) is 3.61. The normalized spacial score (nSPS) is 13.8. The van der Waals surface area contributed by atoms with E-state index in [0.717, 1.165) is 47.1 Å². The van der Waals surface area contributed by atoms with E-state index in [4.69, 9.17) is 21.9 Å². The van der Waals surface area contributed by atoms with Gasteiger partial charge in [0.15, 0.2) is 0 Å². The first-order valence-corrected chi connectivity index (χ1v) is 8.07. The predicted octanol–water partition coefficient (Wildman–Crippen LogP) is 3.24. The van der Waals surface area contributed by atoms with Gasteiger partial charge in [-0.2, -0.15) is 4.98 Å². The fraction of sp³-hybridized carbons (Fsp3) is 0.235. The number of hydrogen-bond donors (Lipinski definition) is 1. The van der Waals surface area contributed by atoms with Gasteiger partial charge in [0, 0.05) is 40.9 Å². The van der Waals surface area contributed by atoms with E-state index >= 15 is 0 Å². The molecule has 0 saturated carbocycles. The lowest BCUT2D eigenvalue weighted by Crippen LogP contribution is -2.31. The highest BCUT2D eigenvalue weighted by Crippen LogP contribution is 2.32. The quantitative estimate of drug-likeness (QED) is 0.770. The number of rotatable bonds is 2. The minimum absolute atomic E-state index is 0.291. The Balaban J connectivity index is 1.69. The van der Waals surface area contributed by atoms with Crippen LogP contribution >= 0.6 is 11.6 Å². The number of benzene rings is 1. The topological polar surface area (TPSA) is 81.1 Å². The SMILES string of the molecule is Cc1cc(N2CCc3onc(-c4ccc(Cl)cc4)c3C2)nc(N)n1. The summed E-state index contributed by atoms with van der Waals surface area (Å²) in [6, 6.07) is 9.55. The Morgan fingerprint density at radius 3 is 2.75 bits per heavy atom. The van der Waals surface area contributed by atoms with E-state index < -0.39 is 0 Å². The van der Waals surface area contributed by atoms with Gasteiger partial charge in [-0.1, -0.05) is 28.9 Å². The van der Waals surface area contributed by atoms with Crippen LogP contribution in [-0.2, 0) is 13.0 Å². The highest BCUT2D eigenvalue weighted by atomic mass is 35.5. The van der Waals surface area contributed by atoms with Crippen LogP contribution in [0.5, 0.6) is 0 Å². The Labute approximate surface area is 144 Å². The Morgan fingerprint density at radius 2 is 2.00 bits per heavy atom. The molecule has 122 valence electrons. The Bertz CT molecular complexity index is 870. The van der Waals surface area contributed by atoms with Crippen molar-refractivity contribution in [1.82, 2.24) is 15.1 Å². The molecule has 0 saturated heterocycles. The third-order valence-corrected chi connectivity index (χ3v) is 4.38. The summed E-state index contributed by atoms with van der Waals surface area (Å²) in [7, 11) is 0. The summed E-state index contributed by atoms with van der Waals surface area (Å²) in [6.45, 7) is 3.39. The number of fused-ring (bicyclic) bond motifs is 1. The first-order valence-electron chi connectivity index (χ1n) is 7.69. The second-order valence-corrected chi connectivity index (χ2v) is 6.27. The molecule has 3 aromatic rings. The van der Waals surface area contributed by atoms with Crippen LogP contribution in [-0.4, -0.2) is 21.7 Å². The van der Waals surface area contributed by atoms with Gasteiger partial charge in [-0.3, -0.25) is 0 Å². The second-order valence-electron chi connectivity index (χ2n) is 5.84. The molecule has 4 rings (SSSR count). The lowest BCUT2D eigenvalue weighted by Gasteiger charge is -2.27. The summed E-state index contributed by atoms with van der Waals surface area (Å²) in [6.07, 6.45) is 0.777. The van der Waals surface area contributed by atoms with Crippen molar-refractivity contribution in [2.75, 3.05) is 17.2 Å². The monoisotopic (exact) mass is 341 g/mol. The number of nitrogen functional groups attached to an aromatic ring is 1. The lowest BCUT2D eigenvalue weighted by atomic mass is 10.0. The molecular weight excluding hydrogens is 326 g/mol. The maximum absolute atomic E-state index is 5.97. The summed E-state index contributed by atoms with van der Waals surface area (Å²) in [5.74, 6) is 2.04. The van der Waals surface area contributed by atoms with Gasteiger partial charge in [-0.25, -0.2) is 4.98 Å². The number of hydrogen-bond acceptors (Lipinski definition) is 6. The third-order valence-electron chi connectivity index (χ3n) is 4.13. The number of nitrogens with two attached hydrogens (primary N) is 1. The molecule has 1 aliphatic rings. The van der Waals surface area contributed by atoms with Gasteiger partial charge in [0.05, 0.1) is 6.54 Å². The van der Waals surface area contributed by atoms with Crippen LogP contribution in [0.4, 0.5) is 11.8 Å². The average molecular weight is 342 g/mol. The van der Waals surface area contributed by atoms with Crippen molar-refractivity contribution in [3.8, 4) is 11.3 Å². The number of aryl methyl sites for hydroxylation is 1. The zero-order chi connectivity index (χ0) is 16.7. The molecule has 2 N–H and O–H groups in total. The van der Waals surface area contributed by atoms with Crippen LogP contribution in [0.2, 0.25) is 5.02 Å². The van der Waals surface area contributed by atoms with Crippen LogP contribution in [0.3, 0.4) is 0 Å². The highest BCUT2D eigenvalue weighted by molar-refractivity contribution is 6.30. The van der Waals surface area contributed by atoms with E-state index in [9.17, 15) is 0 Å². The smallest absolute Gasteiger partial charge is 0.222 e. The number of nitrogens with zero attached hydrogens (tertiary/aromatic N) is 4. The van der Waals surface area contributed by atoms with E-state index in [1.54, 1.807) is 0 Å². The van der Waals surface area contributed by atoms with Gasteiger partial charge in [-0.05, 0) is 19.1 Å². The molecule has 0 aliphatic carbocycles. The first kappa shape index (κ1) is 15.0. The van der Waals surface area contributed by atoms with Crippen LogP contribution in [0.1, 0.15) is 17.0 Å². The molecule has 0 radical (unpaired) electrons. The minimum Gasteiger partial charge on any atom is -0.368 e. The van der Waals surface area contributed by atoms with E-state index in [1.165, 1.54) is 0 Å². The predicted molar refractivity (Wildman–Crippen MR) is 92.9 cm³/mol. The van der Waals surface area contributed by atoms with Crippen molar-refractivity contribution in [1.29, 1.82) is 0 Å². The highest BCUT2D eigenvalue weighted by Gasteiger charge is 2.26. The van der Waals surface area contributed by atoms with Gasteiger partial charge in [0.2, 0.25) is 5.95 Å². The van der Waals surface area contributed by atoms with Crippen LogP contribution < -0.4 is 10.6 Å². The second kappa shape index (κ2) is 5.79. The van der Waals surface area contributed by atoms with Gasteiger partial charge in [0.25, 0.3) is 0 Å². The molecule has 1 aliphatic heterocycles. The zero-order valence-corrected chi connectivity index (χ0v) is 13.9. The maximum atomic E-state index is 5.97. The molecule has 0 fully saturated rings. The van der Waals surface area contributed by atoms with Crippen molar-refractivity contribution in [2.24, 2.45) is 0 Å². The molecule has 2 aromatic heterocycles. The van der Waals surface area contributed by atoms with Crippen LogP contribution in [0.15, 0.2) is 34.9 Å². The lowest BCUT2D eigenvalue weighted by molar-refractivity contribution is 0.379. The molecule has 1 aromatic carbocycles. The summed E-state index contributed by atoms with van der Waals surface area (Å²) < 4.78 is 5.54. The molecule has 6 nitrogen and oxygen atoms in total. The average Bonchev–Trinajstić information content (AvgIpc) is 2.98. The van der Waals surface area contributed by atoms with E-state index in [0.29, 0.717) is 17.5 Å². The van der Waals surface area contributed by atoms with Crippen LogP contribution in [0, 0.1) is 6.92 Å². The summed E-state index contributed by atoms with van der Waals surface area (Å²) >= 11 is 5.97. The van der Waals surface area contributed by atoms with Crippen molar-refractivity contribution in [3.63, 3.8) is 0 Å². The first-order chi connectivity index (χ1) is 11.6. The molecule has 0 bridgehead atoms. The number of anilines is 2. The van der Waals surface area contributed by atoms with Gasteiger partial charge >= 0.3 is 0 Å². The molecule has 24 heavy (non-hydrogen) atoms. The number of halogens is 1. The van der Waals surface area contributed by atoms with Gasteiger partial charge in [0.1, 0.15) is 17.3 Å². The number of aromatic nitrogens is 3. The molecule has 3 heterocycles. The molecule has 0 atom stereocenters. The van der Waals surface area contributed by atoms with E-state index in [-0.39, 0.29) is 0 Å². The van der Waals surface area contributed by atoms with E-state index in [1.807, 2.05) is 37.3 Å². The van der Waals surface area contributed by atoms with Gasteiger partial charge < -0.3 is 15.2 Å². The Morgan fingerprint density at radius 1 is 1.21 bits per heavy atom. The fourth-order valence-corrected chi connectivity index (χ4v) is 3.10. The maximum Gasteiger partial charge on any atom is 0.222 e. The van der Waals surface area contributed by atoms with E-state index in [2.05, 4.69) is 20.0 Å². The largest absolute Gasteiger partial charge is 0.368 e. The molecule has 0 unspecified atom stereocenters. The summed E-state index contributed by atoms with van der Waals surface area (Å²) in [4.78, 5) is 10.7. The molecular formula is C17H16ClN5O. The van der Waals surface area contributed by atoms with Crippen LogP contribution in [0.25, 0.3) is 11.3 Å². The third kappa shape index (κ3) is 2.69. The standard InChI is InChI=1S/C17H16ClN5O/c1-10-8-15(21-17(19)20-10)23-7-6-14-13(9-23)16(22-24-14)11-2-4-12(18)5-3-11/h2-5,8H,6-7,9H2,1H3,(H2,19,20,21). The van der Waals surface area contributed by atoms with Crippen molar-refractivity contribution in [3.05, 3.63) is 52.4 Å². The summed E-state index contributed by atoms with van der Waals surface area (Å²) in [5.41, 5.74) is 9.56. The van der Waals surface area contributed by atoms with Gasteiger partial charge in [-0.15, -0.1) is 0 Å². The minimum atomic E-state index is 0.291. The molecule has 0 amide bonds. The molecule has 7 heteroatoms. The van der Waals surface area contributed by atoms with Crippen molar-refractivity contribution >= 4 is 23.4 Å².